The molecule has 3 heterocycles. The molecule has 37 heavy (non-hydrogen) atoms. The molecule has 4 rings (SSSR count). The molecule has 4 N–H and O–H groups in total. The van der Waals surface area contributed by atoms with Gasteiger partial charge in [-0.05, 0) is 57.1 Å². The zero-order chi connectivity index (χ0) is 32.5. The minimum Gasteiger partial charge on any atom is -0.329 e. The van der Waals surface area contributed by atoms with Gasteiger partial charge in [0.1, 0.15) is 6.07 Å². The van der Waals surface area contributed by atoms with Crippen LogP contribution in [0.2, 0.25) is 0 Å². The average Bonchev–Trinajstić information content (AvgIpc) is 2.97. The Morgan fingerprint density at radius 2 is 1.41 bits per heavy atom. The minimum absolute atomic E-state index is 0.150. The molecule has 194 valence electrons. The Morgan fingerprint density at radius 1 is 0.811 bits per heavy atom. The summed E-state index contributed by atoms with van der Waals surface area (Å²) < 4.78 is 44.2. The van der Waals surface area contributed by atoms with E-state index in [1.54, 1.807) is 24.3 Å². The molecule has 0 saturated carbocycles. The topological polar surface area (TPSA) is 136 Å². The van der Waals surface area contributed by atoms with Gasteiger partial charge in [0.2, 0.25) is 11.1 Å². The number of likely N-dealkylation sites (N-methyl/N-ethyl adjacent to an activating group) is 2. The number of benzene rings is 1. The van der Waals surface area contributed by atoms with E-state index in [4.69, 9.17) is 13.5 Å². The van der Waals surface area contributed by atoms with Crippen LogP contribution in [-0.4, -0.2) is 41.7 Å². The summed E-state index contributed by atoms with van der Waals surface area (Å²) in [6.07, 6.45) is 3.95. The smallest absolute Gasteiger partial charge is 0.255 e. The first-order valence-corrected chi connectivity index (χ1v) is 11.1. The Labute approximate surface area is 224 Å². The molecule has 0 spiro atoms. The number of hydrogen-bond acceptors (Lipinski definition) is 6. The van der Waals surface area contributed by atoms with Crippen molar-refractivity contribution in [1.29, 1.82) is 5.26 Å². The number of nitrogens with one attached hydrogen (secondary N) is 4. The van der Waals surface area contributed by atoms with E-state index >= 15 is 0 Å². The van der Waals surface area contributed by atoms with Crippen LogP contribution >= 0.6 is 0 Å². The number of aryl methyl sites for hydroxylation is 2. The third kappa shape index (κ3) is 13.2. The first-order chi connectivity index (χ1) is 20.2. The lowest BCUT2D eigenvalue weighted by Gasteiger charge is -2.05. The number of para-hydroxylation sites is 1. The molecule has 9 heteroatoms. The van der Waals surface area contributed by atoms with Gasteiger partial charge in [-0.2, -0.15) is 5.26 Å². The van der Waals surface area contributed by atoms with Crippen LogP contribution in [0.4, 0.5) is 0 Å². The number of aromatic amines is 2. The molecule has 4 aromatic rings. The molecular formula is C28H34N6O3. The molecule has 0 saturated heterocycles. The van der Waals surface area contributed by atoms with Crippen molar-refractivity contribution in [2.24, 2.45) is 0 Å². The first-order valence-electron chi connectivity index (χ1n) is 14.1. The second-order valence-electron chi connectivity index (χ2n) is 7.16. The van der Waals surface area contributed by atoms with Gasteiger partial charge in [0.25, 0.3) is 5.56 Å². The summed E-state index contributed by atoms with van der Waals surface area (Å²) in [7, 11) is 3.88. The lowest BCUT2D eigenvalue weighted by molar-refractivity contribution is 0.718. The largest absolute Gasteiger partial charge is 0.329 e. The van der Waals surface area contributed by atoms with E-state index in [0.717, 1.165) is 13.1 Å². The molecule has 0 atom stereocenters. The van der Waals surface area contributed by atoms with E-state index < -0.39 is 13.7 Å². The van der Waals surface area contributed by atoms with Crippen LogP contribution in [0.25, 0.3) is 5.69 Å². The fourth-order valence-electron chi connectivity index (χ4n) is 2.42. The second kappa shape index (κ2) is 17.8. The van der Waals surface area contributed by atoms with Crippen LogP contribution in [0.3, 0.4) is 0 Å². The maximum Gasteiger partial charge on any atom is 0.255 e. The zero-order valence-corrected chi connectivity index (χ0v) is 20.6. The van der Waals surface area contributed by atoms with Crippen molar-refractivity contribution in [2.45, 2.75) is 13.7 Å². The average molecular weight is 509 g/mol. The number of nitriles is 1. The number of hydrogen-bond donors (Lipinski definition) is 4. The van der Waals surface area contributed by atoms with Gasteiger partial charge in [-0.25, -0.2) is 0 Å². The minimum atomic E-state index is -2.20. The standard InChI is InChI=1S/C12H11NO.C6H4N2O.C6H7NO.C4H12N2/c1-10-7-8-12(14)13(9-10)11-5-3-2-4-6-11;7-3-5-1-2-6(9)8-4-5;1-5-2-3-6(8)7-4-5;1-5-3-4-6-2/h2-9H,1H3;1-2,4H,(H,8,9);2-4H,1H3,(H,7,8);5-6H,3-4H2,1-2H3/i1D3;;1D3;. The van der Waals surface area contributed by atoms with Gasteiger partial charge >= 0.3 is 0 Å². The number of nitrogens with zero attached hydrogens (tertiary/aromatic N) is 2. The van der Waals surface area contributed by atoms with Gasteiger partial charge in [0.15, 0.2) is 0 Å². The van der Waals surface area contributed by atoms with Crippen LogP contribution in [0.15, 0.2) is 99.7 Å². The molecule has 9 nitrogen and oxygen atoms in total. The normalized spacial score (nSPS) is 12.4. The SMILES string of the molecule is CNCCNC.N#Cc1ccc(=O)[nH]c1.[2H]C([2H])([2H])c1ccc(=O)[nH]c1.[2H]C([2H])([2H])c1ccc(=O)n(-c2ccccc2)c1. The summed E-state index contributed by atoms with van der Waals surface area (Å²) in [6, 6.07) is 18.7. The predicted octanol–water partition coefficient (Wildman–Crippen LogP) is 2.50. The summed E-state index contributed by atoms with van der Waals surface area (Å²) in [5, 5.41) is 14.3. The molecular weight excluding hydrogens is 468 g/mol. The second-order valence-corrected chi connectivity index (χ2v) is 7.16. The number of pyridine rings is 3. The van der Waals surface area contributed by atoms with Crippen LogP contribution in [0, 0.1) is 25.0 Å². The summed E-state index contributed by atoms with van der Waals surface area (Å²) in [5.74, 6) is 0. The van der Waals surface area contributed by atoms with Crippen molar-refractivity contribution in [3.05, 3.63) is 133 Å². The molecule has 0 aliphatic heterocycles. The lowest BCUT2D eigenvalue weighted by atomic mass is 10.3. The van der Waals surface area contributed by atoms with Crippen molar-refractivity contribution in [1.82, 2.24) is 25.2 Å². The van der Waals surface area contributed by atoms with Crippen molar-refractivity contribution >= 4 is 0 Å². The van der Waals surface area contributed by atoms with Gasteiger partial charge in [-0.15, -0.1) is 0 Å². The molecule has 1 aromatic carbocycles. The summed E-state index contributed by atoms with van der Waals surface area (Å²) in [4.78, 5) is 37.2. The van der Waals surface area contributed by atoms with Gasteiger partial charge in [0.05, 0.1) is 5.56 Å². The summed E-state index contributed by atoms with van der Waals surface area (Å²) >= 11 is 0. The molecule has 0 unspecified atom stereocenters. The third-order valence-electron chi connectivity index (χ3n) is 4.27. The van der Waals surface area contributed by atoms with Gasteiger partial charge in [-0.3, -0.25) is 19.0 Å². The molecule has 0 aliphatic rings. The Bertz CT molecular complexity index is 1560. The molecule has 0 aliphatic carbocycles. The number of aromatic nitrogens is 3. The fraction of sp³-hybridized carbons (Fsp3) is 0.214. The van der Waals surface area contributed by atoms with E-state index in [0.29, 0.717) is 11.3 Å². The quantitative estimate of drug-likeness (QED) is 0.313. The van der Waals surface area contributed by atoms with E-state index in [1.807, 2.05) is 26.2 Å². The Kier molecular flexibility index (Phi) is 10.5. The highest BCUT2D eigenvalue weighted by atomic mass is 16.1. The fourth-order valence-corrected chi connectivity index (χ4v) is 2.42. The number of H-pyrrole nitrogens is 2. The maximum atomic E-state index is 11.7. The zero-order valence-electron chi connectivity index (χ0n) is 26.6. The van der Waals surface area contributed by atoms with Gasteiger partial charge in [0, 0.05) is 63.8 Å². The Hall–Kier alpha value is -4.52. The molecule has 0 amide bonds. The third-order valence-corrected chi connectivity index (χ3v) is 4.27. The van der Waals surface area contributed by atoms with Crippen molar-refractivity contribution < 1.29 is 8.22 Å². The van der Waals surface area contributed by atoms with Crippen LogP contribution in [0.1, 0.15) is 24.9 Å². The predicted molar refractivity (Wildman–Crippen MR) is 148 cm³/mol. The highest BCUT2D eigenvalue weighted by Gasteiger charge is 1.97. The van der Waals surface area contributed by atoms with Crippen LogP contribution < -0.4 is 27.3 Å². The van der Waals surface area contributed by atoms with Crippen molar-refractivity contribution in [3.8, 4) is 11.8 Å². The van der Waals surface area contributed by atoms with E-state index in [-0.39, 0.29) is 27.8 Å². The molecule has 0 radical (unpaired) electrons. The molecule has 3 aromatic heterocycles. The molecule has 0 bridgehead atoms. The van der Waals surface area contributed by atoms with Crippen molar-refractivity contribution in [3.63, 3.8) is 0 Å². The number of rotatable bonds is 4. The van der Waals surface area contributed by atoms with Gasteiger partial charge < -0.3 is 20.6 Å². The Morgan fingerprint density at radius 3 is 1.89 bits per heavy atom. The van der Waals surface area contributed by atoms with Crippen molar-refractivity contribution in [2.75, 3.05) is 27.2 Å². The van der Waals surface area contributed by atoms with E-state index in [2.05, 4.69) is 20.6 Å². The highest BCUT2D eigenvalue weighted by Crippen LogP contribution is 2.04. The summed E-state index contributed by atoms with van der Waals surface area (Å²) in [6.45, 7) is -2.23. The maximum absolute atomic E-state index is 11.7. The van der Waals surface area contributed by atoms with E-state index in [1.165, 1.54) is 59.6 Å². The highest BCUT2D eigenvalue weighted by molar-refractivity contribution is 5.32. The monoisotopic (exact) mass is 508 g/mol. The lowest BCUT2D eigenvalue weighted by Crippen LogP contribution is -2.21. The van der Waals surface area contributed by atoms with E-state index in [9.17, 15) is 14.4 Å². The first kappa shape index (κ1) is 21.7. The van der Waals surface area contributed by atoms with Crippen LogP contribution in [-0.2, 0) is 0 Å². The molecule has 0 fully saturated rings. The summed E-state index contributed by atoms with van der Waals surface area (Å²) in [5.41, 5.74) is 0.701. The Balaban J connectivity index is 0.000000309. The van der Waals surface area contributed by atoms with Gasteiger partial charge in [-0.1, -0.05) is 30.3 Å². The van der Waals surface area contributed by atoms with Crippen LogP contribution in [0.5, 0.6) is 0 Å².